The quantitative estimate of drug-likeness (QED) is 0.409. The van der Waals surface area contributed by atoms with Crippen molar-refractivity contribution >= 4 is 32.3 Å². The Morgan fingerprint density at radius 3 is 3.00 bits per heavy atom. The van der Waals surface area contributed by atoms with Gasteiger partial charge in [-0.2, -0.15) is 0 Å². The molecule has 2 aromatic carbocycles. The first-order valence-electron chi connectivity index (χ1n) is 11.2. The molecule has 2 aromatic heterocycles. The van der Waals surface area contributed by atoms with E-state index in [1.807, 2.05) is 41.8 Å². The highest BCUT2D eigenvalue weighted by atomic mass is 32.1. The van der Waals surface area contributed by atoms with Crippen LogP contribution in [0.1, 0.15) is 36.1 Å². The summed E-state index contributed by atoms with van der Waals surface area (Å²) in [6.07, 6.45) is 3.70. The van der Waals surface area contributed by atoms with Crippen LogP contribution in [0.25, 0.3) is 21.0 Å². The van der Waals surface area contributed by atoms with Gasteiger partial charge >= 0.3 is 0 Å². The molecule has 0 bridgehead atoms. The number of aromatic amines is 1. The molecule has 0 radical (unpaired) electrons. The molecule has 5 heteroatoms. The molecule has 4 nitrogen and oxygen atoms in total. The standard InChI is InChI=1S/C26H30N2O2S/c1-17-6-7-19-14-26(31-25(19)12-17)20-9-11-28(18(2)13-20)15-21(29)16-30-24-5-3-4-23-22(24)8-10-27-23/h3-8,10,12,14,18,20-21,27,29H,9,11,13,15-16H2,1-2H3/t18-,20-,21-/m0/s1. The lowest BCUT2D eigenvalue weighted by Gasteiger charge is -2.38. The van der Waals surface area contributed by atoms with E-state index in [0.717, 1.165) is 36.0 Å². The summed E-state index contributed by atoms with van der Waals surface area (Å²) >= 11 is 1.95. The molecule has 0 saturated carbocycles. The highest BCUT2D eigenvalue weighted by Crippen LogP contribution is 2.38. The van der Waals surface area contributed by atoms with Crippen molar-refractivity contribution in [3.05, 3.63) is 65.2 Å². The summed E-state index contributed by atoms with van der Waals surface area (Å²) in [5, 5.41) is 13.1. The molecule has 0 unspecified atom stereocenters. The molecule has 1 saturated heterocycles. The molecular weight excluding hydrogens is 404 g/mol. The van der Waals surface area contributed by atoms with Gasteiger partial charge in [0.1, 0.15) is 18.5 Å². The van der Waals surface area contributed by atoms with Crippen molar-refractivity contribution < 1.29 is 9.84 Å². The van der Waals surface area contributed by atoms with Crippen molar-refractivity contribution in [2.75, 3.05) is 19.7 Å². The van der Waals surface area contributed by atoms with Gasteiger partial charge in [-0.15, -0.1) is 11.3 Å². The predicted octanol–water partition coefficient (Wildman–Crippen LogP) is 5.70. The normalized spacial score (nSPS) is 21.0. The Morgan fingerprint density at radius 1 is 1.23 bits per heavy atom. The van der Waals surface area contributed by atoms with Gasteiger partial charge in [0.25, 0.3) is 0 Å². The number of rotatable bonds is 6. The Kier molecular flexibility index (Phi) is 5.74. The number of nitrogens with zero attached hydrogens (tertiary/aromatic N) is 1. The second kappa shape index (κ2) is 8.65. The summed E-state index contributed by atoms with van der Waals surface area (Å²) in [6.45, 7) is 6.43. The maximum Gasteiger partial charge on any atom is 0.128 e. The number of piperidine rings is 1. The van der Waals surface area contributed by atoms with Gasteiger partial charge in [0.2, 0.25) is 0 Å². The number of thiophene rings is 1. The molecule has 162 valence electrons. The van der Waals surface area contributed by atoms with Crippen LogP contribution in [0.15, 0.2) is 54.7 Å². The van der Waals surface area contributed by atoms with Gasteiger partial charge in [-0.05, 0) is 80.4 Å². The van der Waals surface area contributed by atoms with E-state index in [-0.39, 0.29) is 0 Å². The Hall–Kier alpha value is -2.34. The van der Waals surface area contributed by atoms with Gasteiger partial charge in [-0.3, -0.25) is 4.90 Å². The van der Waals surface area contributed by atoms with Crippen LogP contribution in [0.3, 0.4) is 0 Å². The van der Waals surface area contributed by atoms with Crippen LogP contribution < -0.4 is 4.74 Å². The number of fused-ring (bicyclic) bond motifs is 2. The first-order valence-corrected chi connectivity index (χ1v) is 12.0. The molecule has 0 amide bonds. The summed E-state index contributed by atoms with van der Waals surface area (Å²) < 4.78 is 7.35. The summed E-state index contributed by atoms with van der Waals surface area (Å²) in [7, 11) is 0. The molecule has 1 fully saturated rings. The molecule has 0 spiro atoms. The molecule has 1 aliphatic heterocycles. The van der Waals surface area contributed by atoms with Crippen molar-refractivity contribution in [3.63, 3.8) is 0 Å². The number of nitrogens with one attached hydrogen (secondary N) is 1. The predicted molar refractivity (Wildman–Crippen MR) is 129 cm³/mol. The Bertz CT molecular complexity index is 1180. The monoisotopic (exact) mass is 434 g/mol. The number of β-amino-alcohol motifs (C(OH)–C–C–N with tert-alkyl or cyclic N) is 1. The lowest BCUT2D eigenvalue weighted by Crippen LogP contribution is -2.45. The second-order valence-corrected chi connectivity index (χ2v) is 10.0. The van der Waals surface area contributed by atoms with E-state index in [0.29, 0.717) is 25.1 Å². The topological polar surface area (TPSA) is 48.5 Å². The lowest BCUT2D eigenvalue weighted by atomic mass is 9.90. The van der Waals surface area contributed by atoms with E-state index in [2.05, 4.69) is 48.0 Å². The number of hydrogen-bond acceptors (Lipinski definition) is 4. The van der Waals surface area contributed by atoms with Crippen LogP contribution in [-0.2, 0) is 0 Å². The second-order valence-electron chi connectivity index (χ2n) is 8.92. The molecule has 5 rings (SSSR count). The number of aliphatic hydroxyl groups is 1. The van der Waals surface area contributed by atoms with Crippen molar-refractivity contribution in [1.29, 1.82) is 0 Å². The van der Waals surface area contributed by atoms with Crippen LogP contribution in [0.5, 0.6) is 5.75 Å². The summed E-state index contributed by atoms with van der Waals surface area (Å²) in [5.41, 5.74) is 2.38. The zero-order valence-electron chi connectivity index (χ0n) is 18.2. The van der Waals surface area contributed by atoms with Gasteiger partial charge in [-0.25, -0.2) is 0 Å². The van der Waals surface area contributed by atoms with Crippen LogP contribution in [0, 0.1) is 6.92 Å². The minimum Gasteiger partial charge on any atom is -0.490 e. The van der Waals surface area contributed by atoms with E-state index >= 15 is 0 Å². The van der Waals surface area contributed by atoms with Crippen molar-refractivity contribution in [2.24, 2.45) is 0 Å². The molecule has 3 atom stereocenters. The van der Waals surface area contributed by atoms with Crippen LogP contribution in [0.4, 0.5) is 0 Å². The van der Waals surface area contributed by atoms with E-state index < -0.39 is 6.10 Å². The van der Waals surface area contributed by atoms with Gasteiger partial charge in [0, 0.05) is 39.3 Å². The van der Waals surface area contributed by atoms with Gasteiger partial charge in [-0.1, -0.05) is 18.2 Å². The first-order chi connectivity index (χ1) is 15.1. The van der Waals surface area contributed by atoms with Crippen LogP contribution in [-0.4, -0.2) is 46.8 Å². The molecule has 1 aliphatic rings. The Balaban J connectivity index is 1.17. The third-order valence-electron chi connectivity index (χ3n) is 6.54. The molecule has 2 N–H and O–H groups in total. The van der Waals surface area contributed by atoms with Crippen molar-refractivity contribution in [1.82, 2.24) is 9.88 Å². The average Bonchev–Trinajstić information content (AvgIpc) is 3.40. The number of hydrogen-bond donors (Lipinski definition) is 2. The molecular formula is C26H30N2O2S. The zero-order chi connectivity index (χ0) is 21.4. The number of aryl methyl sites for hydroxylation is 1. The molecule has 4 aromatic rings. The SMILES string of the molecule is Cc1ccc2cc([C@H]3CCN(C[C@H](O)COc4cccc5[nH]ccc45)[C@@H](C)C3)sc2c1. The van der Waals surface area contributed by atoms with E-state index in [1.54, 1.807) is 0 Å². The highest BCUT2D eigenvalue weighted by molar-refractivity contribution is 7.19. The van der Waals surface area contributed by atoms with E-state index in [9.17, 15) is 5.11 Å². The van der Waals surface area contributed by atoms with E-state index in [1.165, 1.54) is 20.5 Å². The Morgan fingerprint density at radius 2 is 2.13 bits per heavy atom. The lowest BCUT2D eigenvalue weighted by molar-refractivity contribution is 0.0408. The fraction of sp³-hybridized carbons (Fsp3) is 0.385. The van der Waals surface area contributed by atoms with Crippen LogP contribution in [0.2, 0.25) is 0 Å². The molecule has 31 heavy (non-hydrogen) atoms. The van der Waals surface area contributed by atoms with Gasteiger partial charge in [0.15, 0.2) is 0 Å². The third kappa shape index (κ3) is 4.36. The average molecular weight is 435 g/mol. The first kappa shape index (κ1) is 20.6. The van der Waals surface area contributed by atoms with Crippen molar-refractivity contribution in [3.8, 4) is 5.75 Å². The minimum atomic E-state index is -0.500. The Labute approximate surface area is 187 Å². The molecule has 0 aliphatic carbocycles. The fourth-order valence-electron chi connectivity index (χ4n) is 4.80. The maximum atomic E-state index is 10.6. The zero-order valence-corrected chi connectivity index (χ0v) is 19.0. The number of benzene rings is 2. The van der Waals surface area contributed by atoms with Gasteiger partial charge < -0.3 is 14.8 Å². The smallest absolute Gasteiger partial charge is 0.128 e. The summed E-state index contributed by atoms with van der Waals surface area (Å²) in [6, 6.07) is 17.6. The number of ether oxygens (including phenoxy) is 1. The van der Waals surface area contributed by atoms with Gasteiger partial charge in [0.05, 0.1) is 0 Å². The minimum absolute atomic E-state index is 0.312. The van der Waals surface area contributed by atoms with E-state index in [4.69, 9.17) is 4.74 Å². The fourth-order valence-corrected chi connectivity index (χ4v) is 6.11. The van der Waals surface area contributed by atoms with Crippen LogP contribution >= 0.6 is 11.3 Å². The number of aliphatic hydroxyl groups excluding tert-OH is 1. The number of likely N-dealkylation sites (tertiary alicyclic amines) is 1. The third-order valence-corrected chi connectivity index (χ3v) is 7.80. The number of aromatic nitrogens is 1. The summed E-state index contributed by atoms with van der Waals surface area (Å²) in [5.74, 6) is 1.44. The molecule has 3 heterocycles. The van der Waals surface area contributed by atoms with Crippen molar-refractivity contribution in [2.45, 2.75) is 44.8 Å². The largest absolute Gasteiger partial charge is 0.490 e. The summed E-state index contributed by atoms with van der Waals surface area (Å²) in [4.78, 5) is 7.12. The number of H-pyrrole nitrogens is 1. The maximum absolute atomic E-state index is 10.6. The highest BCUT2D eigenvalue weighted by Gasteiger charge is 2.28.